The van der Waals surface area contributed by atoms with E-state index in [2.05, 4.69) is 26.0 Å². The van der Waals surface area contributed by atoms with Crippen LogP contribution in [0.2, 0.25) is 0 Å². The van der Waals surface area contributed by atoms with Crippen molar-refractivity contribution in [3.8, 4) is 0 Å². The lowest BCUT2D eigenvalue weighted by atomic mass is 9.90. The smallest absolute Gasteiger partial charge is 0.158 e. The van der Waals surface area contributed by atoms with E-state index in [9.17, 15) is 4.39 Å². The number of aromatic nitrogens is 4. The lowest BCUT2D eigenvalue weighted by molar-refractivity contribution is 0.259. The summed E-state index contributed by atoms with van der Waals surface area (Å²) in [6.07, 6.45) is 7.24. The zero-order valence-corrected chi connectivity index (χ0v) is 16.4. The molecule has 5 nitrogen and oxygen atoms in total. The molecule has 0 unspecified atom stereocenters. The highest BCUT2D eigenvalue weighted by Crippen LogP contribution is 2.35. The Kier molecular flexibility index (Phi) is 4.94. The summed E-state index contributed by atoms with van der Waals surface area (Å²) in [5, 5.41) is 4.41. The molecule has 2 aliphatic heterocycles. The van der Waals surface area contributed by atoms with Crippen molar-refractivity contribution in [2.24, 2.45) is 0 Å². The van der Waals surface area contributed by atoms with Gasteiger partial charge in [0.1, 0.15) is 12.1 Å². The molecule has 2 aromatic heterocycles. The standard InChI is InChI=1S/C23H24FN5/c24-19-4-5-21-18(15-19)8-14-29-23(26-16-27-29)22(21)17-6-11-28(12-7-17)13-9-20-3-1-2-10-25-20/h1-5,10,15-16H,6-9,11-14H2. The molecule has 0 bridgehead atoms. The zero-order chi connectivity index (χ0) is 19.6. The van der Waals surface area contributed by atoms with Crippen molar-refractivity contribution in [3.63, 3.8) is 0 Å². The summed E-state index contributed by atoms with van der Waals surface area (Å²) < 4.78 is 15.8. The first kappa shape index (κ1) is 18.2. The van der Waals surface area contributed by atoms with E-state index < -0.39 is 0 Å². The van der Waals surface area contributed by atoms with E-state index >= 15 is 0 Å². The summed E-state index contributed by atoms with van der Waals surface area (Å²) >= 11 is 0. The number of nitrogens with zero attached hydrogens (tertiary/aromatic N) is 5. The number of likely N-dealkylation sites (tertiary alicyclic amines) is 1. The molecule has 29 heavy (non-hydrogen) atoms. The molecular formula is C23H24FN5. The fraction of sp³-hybridized carbons (Fsp3) is 0.348. The van der Waals surface area contributed by atoms with Gasteiger partial charge in [0, 0.05) is 50.1 Å². The third kappa shape index (κ3) is 3.72. The highest BCUT2D eigenvalue weighted by molar-refractivity contribution is 5.81. The summed E-state index contributed by atoms with van der Waals surface area (Å²) in [4.78, 5) is 11.5. The van der Waals surface area contributed by atoms with Crippen molar-refractivity contribution in [3.05, 3.63) is 83.0 Å². The van der Waals surface area contributed by atoms with Crippen molar-refractivity contribution in [1.29, 1.82) is 0 Å². The average molecular weight is 389 g/mol. The van der Waals surface area contributed by atoms with Gasteiger partial charge in [0.2, 0.25) is 0 Å². The highest BCUT2D eigenvalue weighted by atomic mass is 19.1. The normalized spacial score (nSPS) is 17.0. The van der Waals surface area contributed by atoms with Gasteiger partial charge in [0.05, 0.1) is 0 Å². The molecule has 4 heterocycles. The van der Waals surface area contributed by atoms with Gasteiger partial charge in [0.15, 0.2) is 5.82 Å². The van der Waals surface area contributed by atoms with E-state index in [1.165, 1.54) is 11.1 Å². The highest BCUT2D eigenvalue weighted by Gasteiger charge is 2.25. The van der Waals surface area contributed by atoms with Crippen LogP contribution in [0, 0.1) is 5.82 Å². The van der Waals surface area contributed by atoms with Crippen LogP contribution in [0.4, 0.5) is 4.39 Å². The number of rotatable bonds is 3. The fourth-order valence-corrected chi connectivity index (χ4v) is 4.45. The van der Waals surface area contributed by atoms with Crippen LogP contribution >= 0.6 is 0 Å². The van der Waals surface area contributed by atoms with Crippen molar-refractivity contribution in [2.45, 2.75) is 32.2 Å². The molecule has 0 spiro atoms. The Hall–Kier alpha value is -2.86. The first-order chi connectivity index (χ1) is 14.3. The minimum atomic E-state index is -0.176. The molecule has 0 radical (unpaired) electrons. The third-order valence-corrected chi connectivity index (χ3v) is 5.99. The molecule has 1 fully saturated rings. The van der Waals surface area contributed by atoms with Crippen LogP contribution in [0.5, 0.6) is 0 Å². The Morgan fingerprint density at radius 1 is 0.966 bits per heavy atom. The minimum Gasteiger partial charge on any atom is -0.302 e. The Morgan fingerprint density at radius 2 is 1.86 bits per heavy atom. The SMILES string of the molecule is Fc1ccc2c(c1)CCn1ncnc1C2=C1CCN(CCc2ccccn2)CC1. The van der Waals surface area contributed by atoms with Crippen LogP contribution in [-0.4, -0.2) is 44.3 Å². The summed E-state index contributed by atoms with van der Waals surface area (Å²) in [6, 6.07) is 11.2. The fourth-order valence-electron chi connectivity index (χ4n) is 4.45. The van der Waals surface area contributed by atoms with E-state index in [1.807, 2.05) is 29.1 Å². The summed E-state index contributed by atoms with van der Waals surface area (Å²) in [6.45, 7) is 3.81. The second kappa shape index (κ2) is 7.87. The van der Waals surface area contributed by atoms with Crippen LogP contribution in [0.3, 0.4) is 0 Å². The number of aryl methyl sites for hydroxylation is 2. The lowest BCUT2D eigenvalue weighted by Crippen LogP contribution is -2.33. The Balaban J connectivity index is 1.39. The molecule has 6 heteroatoms. The van der Waals surface area contributed by atoms with Gasteiger partial charge in [-0.3, -0.25) is 4.98 Å². The first-order valence-electron chi connectivity index (χ1n) is 10.3. The van der Waals surface area contributed by atoms with Crippen molar-refractivity contribution >= 4 is 5.57 Å². The minimum absolute atomic E-state index is 0.176. The second-order valence-electron chi connectivity index (χ2n) is 7.75. The lowest BCUT2D eigenvalue weighted by Gasteiger charge is -2.29. The predicted octanol–water partition coefficient (Wildman–Crippen LogP) is 3.51. The molecule has 2 aliphatic rings. The van der Waals surface area contributed by atoms with Crippen molar-refractivity contribution < 1.29 is 4.39 Å². The number of benzene rings is 1. The van der Waals surface area contributed by atoms with E-state index in [0.29, 0.717) is 0 Å². The number of piperidine rings is 1. The van der Waals surface area contributed by atoms with Gasteiger partial charge in [0.25, 0.3) is 0 Å². The van der Waals surface area contributed by atoms with Crippen molar-refractivity contribution in [2.75, 3.05) is 19.6 Å². The van der Waals surface area contributed by atoms with Crippen LogP contribution < -0.4 is 0 Å². The Labute approximate surface area is 169 Å². The van der Waals surface area contributed by atoms with Gasteiger partial charge in [-0.1, -0.05) is 17.7 Å². The Bertz CT molecular complexity index is 1030. The van der Waals surface area contributed by atoms with Crippen LogP contribution in [0.25, 0.3) is 5.57 Å². The Morgan fingerprint density at radius 3 is 2.69 bits per heavy atom. The summed E-state index contributed by atoms with van der Waals surface area (Å²) in [5.41, 5.74) is 5.89. The van der Waals surface area contributed by atoms with Gasteiger partial charge in [-0.25, -0.2) is 14.1 Å². The number of hydrogen-bond donors (Lipinski definition) is 0. The molecule has 0 amide bonds. The van der Waals surface area contributed by atoms with Crippen LogP contribution in [-0.2, 0) is 19.4 Å². The molecule has 1 saturated heterocycles. The third-order valence-electron chi connectivity index (χ3n) is 5.99. The number of halogens is 1. The van der Waals surface area contributed by atoms with Crippen LogP contribution in [0.1, 0.15) is 35.5 Å². The molecule has 5 rings (SSSR count). The maximum atomic E-state index is 13.9. The average Bonchev–Trinajstić information content (AvgIpc) is 3.16. The maximum Gasteiger partial charge on any atom is 0.158 e. The molecule has 148 valence electrons. The molecule has 0 aliphatic carbocycles. The van der Waals surface area contributed by atoms with Crippen molar-refractivity contribution in [1.82, 2.24) is 24.6 Å². The zero-order valence-electron chi connectivity index (χ0n) is 16.4. The molecule has 3 aromatic rings. The molecule has 0 N–H and O–H groups in total. The van der Waals surface area contributed by atoms with E-state index in [0.717, 1.165) is 74.5 Å². The van der Waals surface area contributed by atoms with Crippen LogP contribution in [0.15, 0.2) is 54.5 Å². The monoisotopic (exact) mass is 389 g/mol. The van der Waals surface area contributed by atoms with E-state index in [1.54, 1.807) is 18.5 Å². The van der Waals surface area contributed by atoms with Gasteiger partial charge in [-0.15, -0.1) is 0 Å². The predicted molar refractivity (Wildman–Crippen MR) is 110 cm³/mol. The molecule has 0 atom stereocenters. The van der Waals surface area contributed by atoms with Gasteiger partial charge >= 0.3 is 0 Å². The maximum absolute atomic E-state index is 13.9. The van der Waals surface area contributed by atoms with E-state index in [-0.39, 0.29) is 5.82 Å². The number of hydrogen-bond acceptors (Lipinski definition) is 4. The topological polar surface area (TPSA) is 46.8 Å². The largest absolute Gasteiger partial charge is 0.302 e. The second-order valence-corrected chi connectivity index (χ2v) is 7.75. The number of pyridine rings is 1. The van der Waals surface area contributed by atoms with Gasteiger partial charge in [-0.05, 0) is 54.7 Å². The molecular weight excluding hydrogens is 365 g/mol. The summed E-state index contributed by atoms with van der Waals surface area (Å²) in [5.74, 6) is 0.747. The number of fused-ring (bicyclic) bond motifs is 2. The first-order valence-corrected chi connectivity index (χ1v) is 10.3. The summed E-state index contributed by atoms with van der Waals surface area (Å²) in [7, 11) is 0. The molecule has 0 saturated carbocycles. The van der Waals surface area contributed by atoms with Gasteiger partial charge in [-0.2, -0.15) is 5.10 Å². The van der Waals surface area contributed by atoms with E-state index in [4.69, 9.17) is 0 Å². The molecule has 1 aromatic carbocycles. The van der Waals surface area contributed by atoms with Gasteiger partial charge < -0.3 is 4.90 Å². The quantitative estimate of drug-likeness (QED) is 0.688.